The highest BCUT2D eigenvalue weighted by Crippen LogP contribution is 2.10. The third-order valence-corrected chi connectivity index (χ3v) is 4.81. The van der Waals surface area contributed by atoms with Crippen LogP contribution < -0.4 is 16.0 Å². The van der Waals surface area contributed by atoms with E-state index >= 15 is 0 Å². The van der Waals surface area contributed by atoms with E-state index in [2.05, 4.69) is 16.0 Å². The molecule has 1 rings (SSSR count). The second-order valence-electron chi connectivity index (χ2n) is 9.53. The van der Waals surface area contributed by atoms with Crippen molar-refractivity contribution in [1.82, 2.24) is 16.0 Å². The molecule has 4 N–H and O–H groups in total. The molecular formula is C26H39N3O7. The fourth-order valence-electron chi connectivity index (χ4n) is 3.13. The van der Waals surface area contributed by atoms with Crippen LogP contribution >= 0.6 is 0 Å². The monoisotopic (exact) mass is 505 g/mol. The minimum Gasteiger partial charge on any atom is -0.463 e. The SMILES string of the molecule is CCOC(=O)/C=C/[C@H](Cc1ccccc1)NC(=O)[C@H](CO)NC(=O)[C@@H](NC(=O)OC(C)(C)C)C(C)C. The number of benzene rings is 1. The van der Waals surface area contributed by atoms with Crippen molar-refractivity contribution >= 4 is 23.9 Å². The van der Waals surface area contributed by atoms with E-state index in [-0.39, 0.29) is 12.5 Å². The van der Waals surface area contributed by atoms with Crippen LogP contribution in [0.1, 0.15) is 47.1 Å². The molecule has 3 amide bonds. The van der Waals surface area contributed by atoms with Gasteiger partial charge in [-0.1, -0.05) is 50.3 Å². The molecule has 1 aromatic rings. The summed E-state index contributed by atoms with van der Waals surface area (Å²) in [4.78, 5) is 49.8. The van der Waals surface area contributed by atoms with Crippen molar-refractivity contribution in [2.45, 2.75) is 71.7 Å². The third-order valence-electron chi connectivity index (χ3n) is 4.81. The molecule has 0 bridgehead atoms. The molecule has 0 aliphatic carbocycles. The normalized spacial score (nSPS) is 14.0. The predicted octanol–water partition coefficient (Wildman–Crippen LogP) is 1.86. The summed E-state index contributed by atoms with van der Waals surface area (Å²) in [6.07, 6.45) is 2.32. The zero-order chi connectivity index (χ0) is 27.3. The first-order chi connectivity index (χ1) is 16.9. The Bertz CT molecular complexity index is 895. The van der Waals surface area contributed by atoms with Gasteiger partial charge >= 0.3 is 12.1 Å². The van der Waals surface area contributed by atoms with Crippen LogP contribution in [-0.2, 0) is 30.3 Å². The molecule has 0 saturated carbocycles. The molecule has 3 atom stereocenters. The summed E-state index contributed by atoms with van der Waals surface area (Å²) in [5, 5.41) is 17.5. The van der Waals surface area contributed by atoms with Gasteiger partial charge in [0.15, 0.2) is 0 Å². The van der Waals surface area contributed by atoms with Gasteiger partial charge in [0.05, 0.1) is 19.3 Å². The van der Waals surface area contributed by atoms with Crippen molar-refractivity contribution in [3.05, 3.63) is 48.0 Å². The van der Waals surface area contributed by atoms with Gasteiger partial charge in [0.25, 0.3) is 0 Å². The summed E-state index contributed by atoms with van der Waals surface area (Å²) in [7, 11) is 0. The van der Waals surface area contributed by atoms with Gasteiger partial charge in [-0.25, -0.2) is 9.59 Å². The number of carbonyl (C=O) groups excluding carboxylic acids is 4. The van der Waals surface area contributed by atoms with Crippen molar-refractivity contribution in [2.75, 3.05) is 13.2 Å². The molecular weight excluding hydrogens is 466 g/mol. The zero-order valence-corrected chi connectivity index (χ0v) is 21.9. The van der Waals surface area contributed by atoms with E-state index in [1.165, 1.54) is 12.2 Å². The summed E-state index contributed by atoms with van der Waals surface area (Å²) >= 11 is 0. The van der Waals surface area contributed by atoms with Crippen molar-refractivity contribution in [3.8, 4) is 0 Å². The van der Waals surface area contributed by atoms with Gasteiger partial charge in [0.2, 0.25) is 11.8 Å². The number of ether oxygens (including phenoxy) is 2. The van der Waals surface area contributed by atoms with Crippen molar-refractivity contribution in [1.29, 1.82) is 0 Å². The lowest BCUT2D eigenvalue weighted by Gasteiger charge is -2.27. The second kappa shape index (κ2) is 14.9. The Morgan fingerprint density at radius 3 is 2.17 bits per heavy atom. The van der Waals surface area contributed by atoms with Crippen molar-refractivity contribution in [2.24, 2.45) is 5.92 Å². The lowest BCUT2D eigenvalue weighted by Crippen LogP contribution is -2.57. The van der Waals surface area contributed by atoms with Crippen LogP contribution in [0.15, 0.2) is 42.5 Å². The number of aliphatic hydroxyl groups excluding tert-OH is 1. The van der Waals surface area contributed by atoms with E-state index in [9.17, 15) is 24.3 Å². The van der Waals surface area contributed by atoms with Crippen LogP contribution in [0.5, 0.6) is 0 Å². The molecule has 0 unspecified atom stereocenters. The number of esters is 1. The first-order valence-electron chi connectivity index (χ1n) is 12.0. The Labute approximate surface area is 212 Å². The summed E-state index contributed by atoms with van der Waals surface area (Å²) in [5.41, 5.74) is 0.155. The van der Waals surface area contributed by atoms with Crippen LogP contribution in [0, 0.1) is 5.92 Å². The first kappa shape index (κ1) is 30.6. The Balaban J connectivity index is 2.94. The Kier molecular flexibility index (Phi) is 12.7. The van der Waals surface area contributed by atoms with Crippen LogP contribution in [-0.4, -0.2) is 65.9 Å². The molecule has 0 fully saturated rings. The summed E-state index contributed by atoms with van der Waals surface area (Å²) in [6.45, 7) is 9.78. The summed E-state index contributed by atoms with van der Waals surface area (Å²) < 4.78 is 10.1. The van der Waals surface area contributed by atoms with Crippen LogP contribution in [0.4, 0.5) is 4.79 Å². The lowest BCUT2D eigenvalue weighted by molar-refractivity contribution is -0.137. The van der Waals surface area contributed by atoms with E-state index in [4.69, 9.17) is 9.47 Å². The predicted molar refractivity (Wildman–Crippen MR) is 135 cm³/mol. The maximum Gasteiger partial charge on any atom is 0.408 e. The highest BCUT2D eigenvalue weighted by molar-refractivity contribution is 5.91. The number of alkyl carbamates (subject to hydrolysis) is 1. The number of carbonyl (C=O) groups is 4. The lowest BCUT2D eigenvalue weighted by atomic mass is 10.0. The van der Waals surface area contributed by atoms with Gasteiger partial charge in [0, 0.05) is 6.08 Å². The second-order valence-corrected chi connectivity index (χ2v) is 9.53. The average molecular weight is 506 g/mol. The Hall–Kier alpha value is -3.40. The number of rotatable bonds is 12. The highest BCUT2D eigenvalue weighted by atomic mass is 16.6. The smallest absolute Gasteiger partial charge is 0.408 e. The molecule has 200 valence electrons. The van der Waals surface area contributed by atoms with Crippen molar-refractivity contribution in [3.63, 3.8) is 0 Å². The van der Waals surface area contributed by atoms with E-state index in [1.807, 2.05) is 30.3 Å². The maximum atomic E-state index is 12.9. The van der Waals surface area contributed by atoms with Gasteiger partial charge in [0.1, 0.15) is 17.7 Å². The molecule has 0 saturated heterocycles. The quantitative estimate of drug-likeness (QED) is 0.251. The van der Waals surface area contributed by atoms with Crippen LogP contribution in [0.3, 0.4) is 0 Å². The number of amides is 3. The third kappa shape index (κ3) is 11.8. The maximum absolute atomic E-state index is 12.9. The molecule has 0 spiro atoms. The van der Waals surface area contributed by atoms with Gasteiger partial charge in [-0.15, -0.1) is 0 Å². The van der Waals surface area contributed by atoms with E-state index in [1.54, 1.807) is 41.5 Å². The van der Waals surface area contributed by atoms with Crippen LogP contribution in [0.2, 0.25) is 0 Å². The fourth-order valence-corrected chi connectivity index (χ4v) is 3.13. The highest BCUT2D eigenvalue weighted by Gasteiger charge is 2.30. The molecule has 0 aromatic heterocycles. The van der Waals surface area contributed by atoms with Gasteiger partial charge in [-0.05, 0) is 45.6 Å². The zero-order valence-electron chi connectivity index (χ0n) is 21.9. The average Bonchev–Trinajstić information content (AvgIpc) is 2.78. The van der Waals surface area contributed by atoms with Crippen molar-refractivity contribution < 1.29 is 33.8 Å². The van der Waals surface area contributed by atoms with E-state index in [0.29, 0.717) is 6.42 Å². The molecule has 36 heavy (non-hydrogen) atoms. The molecule has 10 heteroatoms. The minimum atomic E-state index is -1.28. The van der Waals surface area contributed by atoms with E-state index < -0.39 is 54.2 Å². The fraction of sp³-hybridized carbons (Fsp3) is 0.538. The molecule has 0 radical (unpaired) electrons. The first-order valence-corrected chi connectivity index (χ1v) is 12.0. The molecule has 1 aromatic carbocycles. The molecule has 0 aliphatic rings. The number of nitrogens with one attached hydrogen (secondary N) is 3. The number of hydrogen-bond acceptors (Lipinski definition) is 7. The van der Waals surface area contributed by atoms with Gasteiger partial charge in [-0.3, -0.25) is 9.59 Å². The molecule has 0 heterocycles. The standard InChI is InChI=1S/C26H39N3O7/c1-7-35-21(31)14-13-19(15-18-11-9-8-10-12-18)27-23(32)20(16-30)28-24(33)22(17(2)3)29-25(34)36-26(4,5)6/h8-14,17,19-20,22,30H,7,15-16H2,1-6H3,(H,27,32)(H,28,33)(H,29,34)/b14-13+/t19-,20+,22+/m1/s1. The summed E-state index contributed by atoms with van der Waals surface area (Å²) in [6, 6.07) is 6.42. The minimum absolute atomic E-state index is 0.214. The van der Waals surface area contributed by atoms with Gasteiger partial charge in [-0.2, -0.15) is 0 Å². The number of aliphatic hydroxyl groups is 1. The molecule has 0 aliphatic heterocycles. The number of hydrogen-bond donors (Lipinski definition) is 4. The largest absolute Gasteiger partial charge is 0.463 e. The van der Waals surface area contributed by atoms with Crippen LogP contribution in [0.25, 0.3) is 0 Å². The topological polar surface area (TPSA) is 143 Å². The molecule has 10 nitrogen and oxygen atoms in total. The Morgan fingerprint density at radius 2 is 1.64 bits per heavy atom. The van der Waals surface area contributed by atoms with Gasteiger partial charge < -0.3 is 30.5 Å². The van der Waals surface area contributed by atoms with E-state index in [0.717, 1.165) is 5.56 Å². The Morgan fingerprint density at radius 1 is 1.00 bits per heavy atom. The summed E-state index contributed by atoms with van der Waals surface area (Å²) in [5.74, 6) is -2.17.